The van der Waals surface area contributed by atoms with Crippen molar-refractivity contribution in [3.05, 3.63) is 45.2 Å². The summed E-state index contributed by atoms with van der Waals surface area (Å²) < 4.78 is 7.24. The molecule has 0 unspecified atom stereocenters. The fourth-order valence-corrected chi connectivity index (χ4v) is 5.23. The van der Waals surface area contributed by atoms with E-state index in [0.29, 0.717) is 22.4 Å². The van der Waals surface area contributed by atoms with Gasteiger partial charge in [-0.2, -0.15) is 5.10 Å². The van der Waals surface area contributed by atoms with Crippen LogP contribution in [0.15, 0.2) is 18.2 Å². The molecule has 0 N–H and O–H groups in total. The van der Waals surface area contributed by atoms with E-state index in [2.05, 4.69) is 10.00 Å². The average Bonchev–Trinajstić information content (AvgIpc) is 3.07. The van der Waals surface area contributed by atoms with Gasteiger partial charge in [-0.1, -0.05) is 23.2 Å². The molecule has 0 bridgehead atoms. The Morgan fingerprint density at radius 1 is 1.12 bits per heavy atom. The molecule has 1 amide bonds. The Morgan fingerprint density at radius 2 is 1.84 bits per heavy atom. The van der Waals surface area contributed by atoms with E-state index in [-0.39, 0.29) is 5.91 Å². The van der Waals surface area contributed by atoms with Crippen LogP contribution in [-0.2, 0) is 16.0 Å². The summed E-state index contributed by atoms with van der Waals surface area (Å²) in [6.45, 7) is 10.6. The summed E-state index contributed by atoms with van der Waals surface area (Å²) in [5.41, 5.74) is 3.56. The summed E-state index contributed by atoms with van der Waals surface area (Å²) in [6.07, 6.45) is 3.78. The predicted octanol–water partition coefficient (Wildman–Crippen LogP) is 4.30. The standard InChI is InChI=1S/C24H32Cl2N4O2/c1-17-21(18(2)30(27-17)23-4-3-20(25)15-22(23)26)16-24(31)29-9-6-19(7-10-29)5-8-28-11-13-32-14-12-28/h3-4,15,19H,5-14,16H2,1-2H3. The van der Waals surface area contributed by atoms with Gasteiger partial charge in [-0.25, -0.2) is 4.68 Å². The van der Waals surface area contributed by atoms with Gasteiger partial charge in [-0.15, -0.1) is 0 Å². The average molecular weight is 479 g/mol. The number of hydrogen-bond donors (Lipinski definition) is 0. The minimum absolute atomic E-state index is 0.185. The molecule has 4 rings (SSSR count). The van der Waals surface area contributed by atoms with E-state index >= 15 is 0 Å². The molecule has 2 aliphatic heterocycles. The van der Waals surface area contributed by atoms with Crippen molar-refractivity contribution in [2.45, 2.75) is 39.5 Å². The van der Waals surface area contributed by atoms with E-state index < -0.39 is 0 Å². The first kappa shape index (κ1) is 23.6. The van der Waals surface area contributed by atoms with Gasteiger partial charge in [0.15, 0.2) is 0 Å². The molecule has 2 aromatic rings. The number of aryl methyl sites for hydroxylation is 1. The normalized spacial score (nSPS) is 18.3. The molecule has 8 heteroatoms. The molecule has 2 saturated heterocycles. The Balaban J connectivity index is 1.33. The van der Waals surface area contributed by atoms with Gasteiger partial charge in [-0.3, -0.25) is 9.69 Å². The Bertz CT molecular complexity index is 948. The summed E-state index contributed by atoms with van der Waals surface area (Å²) in [4.78, 5) is 17.6. The molecule has 0 atom stereocenters. The zero-order valence-electron chi connectivity index (χ0n) is 18.9. The summed E-state index contributed by atoms with van der Waals surface area (Å²) in [6, 6.07) is 5.37. The molecule has 3 heterocycles. The van der Waals surface area contributed by atoms with Crippen LogP contribution in [0.4, 0.5) is 0 Å². The van der Waals surface area contributed by atoms with Gasteiger partial charge in [0.2, 0.25) is 5.91 Å². The van der Waals surface area contributed by atoms with Crippen LogP contribution in [0.25, 0.3) is 5.69 Å². The molecular weight excluding hydrogens is 447 g/mol. The van der Waals surface area contributed by atoms with Crippen LogP contribution >= 0.6 is 23.2 Å². The second-order valence-electron chi connectivity index (χ2n) is 8.90. The number of rotatable bonds is 6. The summed E-state index contributed by atoms with van der Waals surface area (Å²) in [5.74, 6) is 0.893. The highest BCUT2D eigenvalue weighted by atomic mass is 35.5. The van der Waals surface area contributed by atoms with Crippen molar-refractivity contribution < 1.29 is 9.53 Å². The number of morpholine rings is 1. The van der Waals surface area contributed by atoms with E-state index in [1.165, 1.54) is 6.42 Å². The lowest BCUT2D eigenvalue weighted by Crippen LogP contribution is -2.41. The molecule has 1 aromatic heterocycles. The zero-order chi connectivity index (χ0) is 22.7. The summed E-state index contributed by atoms with van der Waals surface area (Å²) >= 11 is 12.4. The summed E-state index contributed by atoms with van der Waals surface area (Å²) in [5, 5.41) is 5.78. The SMILES string of the molecule is Cc1nn(-c2ccc(Cl)cc2Cl)c(C)c1CC(=O)N1CCC(CCN2CCOCC2)CC1. The lowest BCUT2D eigenvalue weighted by atomic mass is 9.93. The number of carbonyl (C=O) groups is 1. The van der Waals surface area contributed by atoms with Crippen molar-refractivity contribution in [3.8, 4) is 5.69 Å². The lowest BCUT2D eigenvalue weighted by Gasteiger charge is -2.34. The topological polar surface area (TPSA) is 50.6 Å². The molecule has 1 aromatic carbocycles. The predicted molar refractivity (Wildman–Crippen MR) is 128 cm³/mol. The second-order valence-corrected chi connectivity index (χ2v) is 9.74. The van der Waals surface area contributed by atoms with Crippen LogP contribution in [0, 0.1) is 19.8 Å². The van der Waals surface area contributed by atoms with E-state index in [1.807, 2.05) is 29.5 Å². The van der Waals surface area contributed by atoms with Crippen LogP contribution in [0.5, 0.6) is 0 Å². The minimum Gasteiger partial charge on any atom is -0.379 e. The Labute approximate surface area is 200 Å². The third kappa shape index (κ3) is 5.48. The number of halogens is 2. The number of nitrogens with zero attached hydrogens (tertiary/aromatic N) is 4. The maximum absolute atomic E-state index is 13.1. The van der Waals surface area contributed by atoms with Gasteiger partial charge in [0, 0.05) is 42.5 Å². The molecule has 0 saturated carbocycles. The van der Waals surface area contributed by atoms with Gasteiger partial charge >= 0.3 is 0 Å². The van der Waals surface area contributed by atoms with Crippen molar-refractivity contribution in [3.63, 3.8) is 0 Å². The van der Waals surface area contributed by atoms with Crippen molar-refractivity contribution in [1.82, 2.24) is 19.6 Å². The van der Waals surface area contributed by atoms with Crippen LogP contribution < -0.4 is 0 Å². The fourth-order valence-electron chi connectivity index (χ4n) is 4.74. The maximum Gasteiger partial charge on any atom is 0.227 e. The van der Waals surface area contributed by atoms with Crippen molar-refractivity contribution in [2.75, 3.05) is 45.9 Å². The van der Waals surface area contributed by atoms with Crippen LogP contribution in [-0.4, -0.2) is 71.4 Å². The number of amides is 1. The number of likely N-dealkylation sites (tertiary alicyclic amines) is 1. The van der Waals surface area contributed by atoms with Gasteiger partial charge in [-0.05, 0) is 63.8 Å². The Morgan fingerprint density at radius 3 is 2.53 bits per heavy atom. The highest BCUT2D eigenvalue weighted by molar-refractivity contribution is 6.35. The van der Waals surface area contributed by atoms with E-state index in [4.69, 9.17) is 27.9 Å². The van der Waals surface area contributed by atoms with Crippen molar-refractivity contribution in [2.24, 2.45) is 5.92 Å². The van der Waals surface area contributed by atoms with Crippen molar-refractivity contribution in [1.29, 1.82) is 0 Å². The molecule has 6 nitrogen and oxygen atoms in total. The Kier molecular flexibility index (Phi) is 7.77. The van der Waals surface area contributed by atoms with Gasteiger partial charge in [0.05, 0.1) is 36.0 Å². The number of piperidine rings is 1. The van der Waals surface area contributed by atoms with Crippen LogP contribution in [0.1, 0.15) is 36.2 Å². The Hall–Kier alpha value is -1.60. The molecular formula is C24H32Cl2N4O2. The van der Waals surface area contributed by atoms with Gasteiger partial charge in [0.25, 0.3) is 0 Å². The first-order valence-corrected chi connectivity index (χ1v) is 12.3. The largest absolute Gasteiger partial charge is 0.379 e. The lowest BCUT2D eigenvalue weighted by molar-refractivity contribution is -0.131. The summed E-state index contributed by atoms with van der Waals surface area (Å²) in [7, 11) is 0. The molecule has 2 fully saturated rings. The van der Waals surface area contributed by atoms with Crippen LogP contribution in [0.2, 0.25) is 10.0 Å². The molecule has 0 aliphatic carbocycles. The second kappa shape index (κ2) is 10.6. The molecule has 2 aliphatic rings. The van der Waals surface area contributed by atoms with E-state index in [1.54, 1.807) is 12.1 Å². The quantitative estimate of drug-likeness (QED) is 0.620. The van der Waals surface area contributed by atoms with E-state index in [9.17, 15) is 4.79 Å². The highest BCUT2D eigenvalue weighted by Crippen LogP contribution is 2.28. The van der Waals surface area contributed by atoms with Crippen LogP contribution in [0.3, 0.4) is 0 Å². The number of benzene rings is 1. The number of aromatic nitrogens is 2. The number of hydrogen-bond acceptors (Lipinski definition) is 4. The van der Waals surface area contributed by atoms with Gasteiger partial charge < -0.3 is 9.64 Å². The van der Waals surface area contributed by atoms with E-state index in [0.717, 1.165) is 81.4 Å². The third-order valence-corrected chi connectivity index (χ3v) is 7.37. The minimum atomic E-state index is 0.185. The number of ether oxygens (including phenoxy) is 1. The molecule has 0 radical (unpaired) electrons. The monoisotopic (exact) mass is 478 g/mol. The zero-order valence-corrected chi connectivity index (χ0v) is 20.5. The maximum atomic E-state index is 13.1. The molecule has 32 heavy (non-hydrogen) atoms. The first-order valence-electron chi connectivity index (χ1n) is 11.5. The number of carbonyl (C=O) groups excluding carboxylic acids is 1. The molecule has 0 spiro atoms. The molecule has 174 valence electrons. The smallest absolute Gasteiger partial charge is 0.227 e. The third-order valence-electron chi connectivity index (χ3n) is 6.83. The fraction of sp³-hybridized carbons (Fsp3) is 0.583. The van der Waals surface area contributed by atoms with Crippen molar-refractivity contribution >= 4 is 29.1 Å². The highest BCUT2D eigenvalue weighted by Gasteiger charge is 2.25. The first-order chi connectivity index (χ1) is 15.4. The van der Waals surface area contributed by atoms with Gasteiger partial charge in [0.1, 0.15) is 0 Å².